The summed E-state index contributed by atoms with van der Waals surface area (Å²) in [6.07, 6.45) is 8.55. The summed E-state index contributed by atoms with van der Waals surface area (Å²) in [6.45, 7) is 13.7. The van der Waals surface area contributed by atoms with E-state index in [1.165, 1.54) is 6.92 Å². The Balaban J connectivity index is 2.01. The van der Waals surface area contributed by atoms with Crippen LogP contribution in [-0.4, -0.2) is 86.1 Å². The highest BCUT2D eigenvalue weighted by atomic mass is 16.6. The summed E-state index contributed by atoms with van der Waals surface area (Å²) >= 11 is 0. The number of hydrogen-bond donors (Lipinski definition) is 0. The van der Waals surface area contributed by atoms with E-state index in [9.17, 15) is 28.8 Å². The zero-order chi connectivity index (χ0) is 41.6. The van der Waals surface area contributed by atoms with E-state index < -0.39 is 40.4 Å². The van der Waals surface area contributed by atoms with Crippen molar-refractivity contribution in [2.75, 3.05) is 39.6 Å². The zero-order valence-electron chi connectivity index (χ0n) is 35.2. The minimum atomic E-state index is -1.18. The number of benzene rings is 1. The summed E-state index contributed by atoms with van der Waals surface area (Å²) in [5.41, 5.74) is -1.90. The molecule has 0 bridgehead atoms. The average molecular weight is 788 g/mol. The number of rotatable bonds is 27. The van der Waals surface area contributed by atoms with Gasteiger partial charge in [-0.25, -0.2) is 0 Å². The second-order valence-electron chi connectivity index (χ2n) is 15.8. The Hall–Kier alpha value is -3.96. The predicted molar refractivity (Wildman–Crippen MR) is 212 cm³/mol. The lowest BCUT2D eigenvalue weighted by atomic mass is 9.73. The molecule has 0 aliphatic carbocycles. The van der Waals surface area contributed by atoms with Crippen LogP contribution in [0.2, 0.25) is 0 Å². The van der Waals surface area contributed by atoms with Crippen molar-refractivity contribution in [3.05, 3.63) is 30.3 Å². The van der Waals surface area contributed by atoms with Crippen molar-refractivity contribution >= 4 is 35.6 Å². The standard InChI is InChI=1S/C44H69NO11/c1-8-11-18-35(9-2)32-56-41(50)43(6,10-3)24-25-44(7,31-33(4)45-26-17-13-16-21-38(45)47)42(51)55-30-29-54-40(49)37(34(5)46)22-23-39(48)53-28-27-52-36-19-14-12-15-20-36/h12,14-15,19-20,33,35,37H,8-11,13,16-18,21-32H2,1-7H3. The fourth-order valence-electron chi connectivity index (χ4n) is 6.96. The third-order valence-electron chi connectivity index (χ3n) is 11.2. The molecule has 12 heteroatoms. The monoisotopic (exact) mass is 787 g/mol. The lowest BCUT2D eigenvalue weighted by Crippen LogP contribution is -2.44. The van der Waals surface area contributed by atoms with Crippen LogP contribution in [0.15, 0.2) is 30.3 Å². The topological polar surface area (TPSA) is 152 Å². The van der Waals surface area contributed by atoms with Gasteiger partial charge in [-0.1, -0.05) is 64.7 Å². The summed E-state index contributed by atoms with van der Waals surface area (Å²) < 4.78 is 27.6. The third-order valence-corrected chi connectivity index (χ3v) is 11.2. The Labute approximate surface area is 335 Å². The molecule has 1 fully saturated rings. The average Bonchev–Trinajstić information content (AvgIpc) is 3.41. The van der Waals surface area contributed by atoms with Crippen LogP contribution in [0.1, 0.15) is 138 Å². The number of Topliss-reactive ketones (excluding diaryl/α,β-unsaturated/α-hetero) is 1. The van der Waals surface area contributed by atoms with Gasteiger partial charge in [-0.05, 0) is 97.1 Å². The molecule has 1 aliphatic heterocycles. The van der Waals surface area contributed by atoms with E-state index >= 15 is 0 Å². The van der Waals surface area contributed by atoms with Crippen LogP contribution in [0, 0.1) is 22.7 Å². The molecule has 0 saturated carbocycles. The first-order chi connectivity index (χ1) is 26.7. The quantitative estimate of drug-likeness (QED) is 0.0371. The molecule has 5 atom stereocenters. The first-order valence-corrected chi connectivity index (χ1v) is 20.8. The zero-order valence-corrected chi connectivity index (χ0v) is 35.2. The molecule has 1 aliphatic rings. The molecule has 1 saturated heterocycles. The highest BCUT2D eigenvalue weighted by Gasteiger charge is 2.42. The number of carbonyl (C=O) groups is 6. The lowest BCUT2D eigenvalue weighted by Gasteiger charge is -2.37. The number of para-hydroxylation sites is 1. The molecule has 1 heterocycles. The number of esters is 4. The molecule has 56 heavy (non-hydrogen) atoms. The predicted octanol–water partition coefficient (Wildman–Crippen LogP) is 7.82. The smallest absolute Gasteiger partial charge is 0.316 e. The van der Waals surface area contributed by atoms with Gasteiger partial charge in [0.05, 0.1) is 17.4 Å². The van der Waals surface area contributed by atoms with Crippen molar-refractivity contribution in [3.8, 4) is 5.75 Å². The number of carbonyl (C=O) groups excluding carboxylic acids is 6. The number of nitrogens with zero attached hydrogens (tertiary/aromatic N) is 1. The molecule has 0 radical (unpaired) electrons. The SMILES string of the molecule is CCCCC(CC)COC(=O)C(C)(CC)CCC(C)(CC(C)N1CCCCCC1=O)C(=O)OCCOC(=O)C(CCC(=O)OCCOc1ccccc1)C(C)=O. The molecule has 316 valence electrons. The number of ether oxygens (including phenoxy) is 5. The van der Waals surface area contributed by atoms with Crippen LogP contribution in [0.4, 0.5) is 0 Å². The Morgan fingerprint density at radius 1 is 0.804 bits per heavy atom. The van der Waals surface area contributed by atoms with E-state index in [1.807, 2.05) is 43.9 Å². The van der Waals surface area contributed by atoms with E-state index in [0.29, 0.717) is 56.9 Å². The van der Waals surface area contributed by atoms with Crippen LogP contribution < -0.4 is 4.74 Å². The van der Waals surface area contributed by atoms with Gasteiger partial charge in [-0.2, -0.15) is 0 Å². The third kappa shape index (κ3) is 16.6. The molecular formula is C44H69NO11. The van der Waals surface area contributed by atoms with Gasteiger partial charge in [-0.3, -0.25) is 28.8 Å². The Bertz CT molecular complexity index is 1380. The van der Waals surface area contributed by atoms with Gasteiger partial charge < -0.3 is 28.6 Å². The molecule has 0 N–H and O–H groups in total. The summed E-state index contributed by atoms with van der Waals surface area (Å²) in [5, 5.41) is 0. The summed E-state index contributed by atoms with van der Waals surface area (Å²) in [5.74, 6) is -2.81. The summed E-state index contributed by atoms with van der Waals surface area (Å²) in [7, 11) is 0. The van der Waals surface area contributed by atoms with Gasteiger partial charge in [0.25, 0.3) is 0 Å². The van der Waals surface area contributed by atoms with Crippen molar-refractivity contribution < 1.29 is 52.5 Å². The molecule has 1 aromatic carbocycles. The van der Waals surface area contributed by atoms with Crippen molar-refractivity contribution in [3.63, 3.8) is 0 Å². The highest BCUT2D eigenvalue weighted by Crippen LogP contribution is 2.39. The Morgan fingerprint density at radius 2 is 1.46 bits per heavy atom. The Kier molecular flexibility index (Phi) is 21.8. The second-order valence-corrected chi connectivity index (χ2v) is 15.8. The van der Waals surface area contributed by atoms with Gasteiger partial charge in [0, 0.05) is 25.4 Å². The Morgan fingerprint density at radius 3 is 2.12 bits per heavy atom. The maximum atomic E-state index is 13.9. The highest BCUT2D eigenvalue weighted by molar-refractivity contribution is 5.98. The number of hydrogen-bond acceptors (Lipinski definition) is 11. The molecule has 0 aromatic heterocycles. The number of unbranched alkanes of at least 4 members (excludes halogenated alkanes) is 1. The minimum absolute atomic E-state index is 0.0145. The summed E-state index contributed by atoms with van der Waals surface area (Å²) in [4.78, 5) is 79.7. The van der Waals surface area contributed by atoms with Crippen molar-refractivity contribution in [1.29, 1.82) is 0 Å². The molecule has 1 aromatic rings. The first-order valence-electron chi connectivity index (χ1n) is 20.8. The van der Waals surface area contributed by atoms with E-state index in [-0.39, 0.29) is 57.2 Å². The molecular weight excluding hydrogens is 718 g/mol. The van der Waals surface area contributed by atoms with Gasteiger partial charge in [-0.15, -0.1) is 0 Å². The van der Waals surface area contributed by atoms with Crippen LogP contribution in [0.3, 0.4) is 0 Å². The molecule has 5 unspecified atom stereocenters. The van der Waals surface area contributed by atoms with Gasteiger partial charge in [0.1, 0.15) is 43.9 Å². The fraction of sp³-hybridized carbons (Fsp3) is 0.727. The summed E-state index contributed by atoms with van der Waals surface area (Å²) in [6, 6.07) is 8.83. The molecule has 2 rings (SSSR count). The fourth-order valence-corrected chi connectivity index (χ4v) is 6.96. The van der Waals surface area contributed by atoms with Crippen LogP contribution in [0.25, 0.3) is 0 Å². The minimum Gasteiger partial charge on any atom is -0.490 e. The van der Waals surface area contributed by atoms with E-state index in [0.717, 1.165) is 44.9 Å². The maximum absolute atomic E-state index is 13.9. The second kappa shape index (κ2) is 25.3. The number of ketones is 1. The van der Waals surface area contributed by atoms with Crippen molar-refractivity contribution in [1.82, 2.24) is 4.90 Å². The van der Waals surface area contributed by atoms with Crippen LogP contribution in [-0.2, 0) is 47.7 Å². The van der Waals surface area contributed by atoms with E-state index in [4.69, 9.17) is 23.7 Å². The largest absolute Gasteiger partial charge is 0.490 e. The van der Waals surface area contributed by atoms with Gasteiger partial charge >= 0.3 is 23.9 Å². The molecule has 0 spiro atoms. The van der Waals surface area contributed by atoms with Crippen LogP contribution >= 0.6 is 0 Å². The van der Waals surface area contributed by atoms with E-state index in [1.54, 1.807) is 19.1 Å². The first kappa shape index (κ1) is 48.2. The molecule has 1 amide bonds. The van der Waals surface area contributed by atoms with Gasteiger partial charge in [0.2, 0.25) is 5.91 Å². The van der Waals surface area contributed by atoms with E-state index in [2.05, 4.69) is 13.8 Å². The maximum Gasteiger partial charge on any atom is 0.316 e. The van der Waals surface area contributed by atoms with Crippen LogP contribution in [0.5, 0.6) is 5.75 Å². The van der Waals surface area contributed by atoms with Crippen molar-refractivity contribution in [2.24, 2.45) is 22.7 Å². The number of likely N-dealkylation sites (tertiary alicyclic amines) is 1. The lowest BCUT2D eigenvalue weighted by molar-refractivity contribution is -0.165. The molecule has 12 nitrogen and oxygen atoms in total. The van der Waals surface area contributed by atoms with Gasteiger partial charge in [0.15, 0.2) is 0 Å². The number of amides is 1. The normalized spacial score (nSPS) is 16.9. The van der Waals surface area contributed by atoms with Crippen molar-refractivity contribution in [2.45, 2.75) is 144 Å².